The number of alkyl halides is 3. The van der Waals surface area contributed by atoms with Gasteiger partial charge in [0.25, 0.3) is 0 Å². The monoisotopic (exact) mass is 264 g/mol. The molecule has 1 heterocycles. The highest BCUT2D eigenvalue weighted by molar-refractivity contribution is 5.88. The molecule has 1 rings (SSSR count). The molecule has 0 radical (unpaired) electrons. The van der Waals surface area contributed by atoms with Crippen LogP contribution in [-0.4, -0.2) is 40.0 Å². The average Bonchev–Trinajstić information content (AvgIpc) is 2.23. The van der Waals surface area contributed by atoms with Crippen molar-refractivity contribution in [3.8, 4) is 0 Å². The van der Waals surface area contributed by atoms with E-state index in [4.69, 9.17) is 10.2 Å². The lowest BCUT2D eigenvalue weighted by molar-refractivity contribution is -0.198. The van der Waals surface area contributed by atoms with E-state index in [1.165, 1.54) is 13.0 Å². The van der Waals surface area contributed by atoms with Crippen LogP contribution in [0.2, 0.25) is 0 Å². The van der Waals surface area contributed by atoms with Gasteiger partial charge < -0.3 is 15.5 Å². The smallest absolute Gasteiger partial charge is 0.416 e. The van der Waals surface area contributed by atoms with E-state index in [0.717, 1.165) is 6.07 Å². The maximum Gasteiger partial charge on any atom is 0.416 e. The van der Waals surface area contributed by atoms with Crippen LogP contribution in [0.4, 0.5) is 19.0 Å². The number of aromatic carboxylic acids is 1. The number of aromatic nitrogens is 1. The van der Waals surface area contributed by atoms with Crippen molar-refractivity contribution in [3.05, 3.63) is 23.4 Å². The van der Waals surface area contributed by atoms with Gasteiger partial charge in [-0.2, -0.15) is 13.2 Å². The second kappa shape index (κ2) is 5.21. The Bertz CT molecular complexity index is 448. The second-order valence-corrected chi connectivity index (χ2v) is 3.63. The largest absolute Gasteiger partial charge is 0.478 e. The highest BCUT2D eigenvalue weighted by Gasteiger charge is 2.37. The summed E-state index contributed by atoms with van der Waals surface area (Å²) >= 11 is 0. The van der Waals surface area contributed by atoms with Crippen LogP contribution in [0.3, 0.4) is 0 Å². The molecule has 0 aliphatic carbocycles. The molecule has 0 bridgehead atoms. The number of halogens is 3. The molecular formula is C10H11F3N2O3. The molecule has 0 fully saturated rings. The van der Waals surface area contributed by atoms with Crippen LogP contribution in [0.1, 0.15) is 16.1 Å². The highest BCUT2D eigenvalue weighted by atomic mass is 19.4. The van der Waals surface area contributed by atoms with E-state index in [0.29, 0.717) is 5.69 Å². The molecule has 0 aromatic carbocycles. The summed E-state index contributed by atoms with van der Waals surface area (Å²) in [5.41, 5.74) is 0.255. The molecule has 100 valence electrons. The van der Waals surface area contributed by atoms with Crippen LogP contribution in [0.25, 0.3) is 0 Å². The van der Waals surface area contributed by atoms with E-state index >= 15 is 0 Å². The summed E-state index contributed by atoms with van der Waals surface area (Å²) in [6.07, 6.45) is -7.26. The molecule has 0 amide bonds. The van der Waals surface area contributed by atoms with Crippen molar-refractivity contribution in [3.63, 3.8) is 0 Å². The fourth-order valence-corrected chi connectivity index (χ4v) is 1.20. The zero-order valence-corrected chi connectivity index (χ0v) is 9.32. The van der Waals surface area contributed by atoms with Gasteiger partial charge in [-0.1, -0.05) is 0 Å². The number of hydrogen-bond donors (Lipinski definition) is 3. The minimum atomic E-state index is -4.73. The van der Waals surface area contributed by atoms with Crippen molar-refractivity contribution < 1.29 is 28.2 Å². The molecule has 5 nitrogen and oxygen atoms in total. The molecule has 3 N–H and O–H groups in total. The first-order chi connectivity index (χ1) is 8.20. The number of carbonyl (C=O) groups is 1. The van der Waals surface area contributed by atoms with E-state index < -0.39 is 24.8 Å². The highest BCUT2D eigenvalue weighted by Crippen LogP contribution is 2.20. The van der Waals surface area contributed by atoms with Crippen LogP contribution in [0, 0.1) is 6.92 Å². The Morgan fingerprint density at radius 3 is 2.61 bits per heavy atom. The van der Waals surface area contributed by atoms with Crippen molar-refractivity contribution in [2.75, 3.05) is 11.9 Å². The number of rotatable bonds is 4. The van der Waals surface area contributed by atoms with Gasteiger partial charge >= 0.3 is 12.1 Å². The molecule has 1 aromatic rings. The normalized spacial score (nSPS) is 13.2. The van der Waals surface area contributed by atoms with Gasteiger partial charge in [0.15, 0.2) is 6.10 Å². The number of nitrogens with one attached hydrogen (secondary N) is 1. The molecule has 1 unspecified atom stereocenters. The van der Waals surface area contributed by atoms with Crippen LogP contribution in [0.5, 0.6) is 0 Å². The van der Waals surface area contributed by atoms with E-state index in [2.05, 4.69) is 10.3 Å². The van der Waals surface area contributed by atoms with E-state index in [-0.39, 0.29) is 11.4 Å². The molecule has 0 saturated heterocycles. The molecule has 18 heavy (non-hydrogen) atoms. The van der Waals surface area contributed by atoms with Crippen molar-refractivity contribution in [1.82, 2.24) is 4.98 Å². The molecule has 0 aliphatic rings. The molecule has 1 atom stereocenters. The van der Waals surface area contributed by atoms with Crippen molar-refractivity contribution in [2.24, 2.45) is 0 Å². The number of aryl methyl sites for hydroxylation is 1. The fraction of sp³-hybridized carbons (Fsp3) is 0.400. The Kier molecular flexibility index (Phi) is 4.12. The molecule has 1 aromatic heterocycles. The fourth-order valence-electron chi connectivity index (χ4n) is 1.20. The Morgan fingerprint density at radius 2 is 2.11 bits per heavy atom. The zero-order valence-electron chi connectivity index (χ0n) is 9.32. The van der Waals surface area contributed by atoms with E-state index in [1.807, 2.05) is 0 Å². The minimum Gasteiger partial charge on any atom is -0.478 e. The third kappa shape index (κ3) is 3.88. The summed E-state index contributed by atoms with van der Waals surface area (Å²) < 4.78 is 36.1. The van der Waals surface area contributed by atoms with Crippen molar-refractivity contribution in [2.45, 2.75) is 19.2 Å². The maximum absolute atomic E-state index is 12.0. The molecule has 8 heteroatoms. The van der Waals surface area contributed by atoms with Crippen molar-refractivity contribution >= 4 is 11.8 Å². The average molecular weight is 264 g/mol. The van der Waals surface area contributed by atoms with E-state index in [9.17, 15) is 18.0 Å². The zero-order chi connectivity index (χ0) is 13.9. The molecule has 0 aliphatic heterocycles. The molecule has 0 saturated carbocycles. The predicted octanol–water partition coefficient (Wildman–Crippen LogP) is 1.42. The third-order valence-corrected chi connectivity index (χ3v) is 2.05. The number of aliphatic hydroxyl groups is 1. The van der Waals surface area contributed by atoms with Gasteiger partial charge in [0, 0.05) is 5.69 Å². The number of hydrogen-bond acceptors (Lipinski definition) is 4. The van der Waals surface area contributed by atoms with Gasteiger partial charge in [0.1, 0.15) is 5.82 Å². The van der Waals surface area contributed by atoms with Crippen LogP contribution in [-0.2, 0) is 0 Å². The summed E-state index contributed by atoms with van der Waals surface area (Å²) in [6, 6.07) is 2.38. The SMILES string of the molecule is Cc1cc(C(=O)O)cc(NCC(O)C(F)(F)F)n1. The number of carboxylic acid groups (broad SMARTS) is 1. The second-order valence-electron chi connectivity index (χ2n) is 3.63. The topological polar surface area (TPSA) is 82.5 Å². The third-order valence-electron chi connectivity index (χ3n) is 2.05. The standard InChI is InChI=1S/C10H11F3N2O3/c1-5-2-6(9(17)18)3-8(15-5)14-4-7(16)10(11,12)13/h2-3,7,16H,4H2,1H3,(H,14,15)(H,17,18). The van der Waals surface area contributed by atoms with Crippen LogP contribution < -0.4 is 5.32 Å². The van der Waals surface area contributed by atoms with Gasteiger partial charge in [-0.15, -0.1) is 0 Å². The Hall–Kier alpha value is -1.83. The quantitative estimate of drug-likeness (QED) is 0.766. The number of pyridine rings is 1. The van der Waals surface area contributed by atoms with Crippen LogP contribution in [0.15, 0.2) is 12.1 Å². The van der Waals surface area contributed by atoms with Crippen LogP contribution >= 0.6 is 0 Å². The Morgan fingerprint density at radius 1 is 1.50 bits per heavy atom. The first-order valence-corrected chi connectivity index (χ1v) is 4.91. The molecule has 0 spiro atoms. The van der Waals surface area contributed by atoms with E-state index in [1.54, 1.807) is 0 Å². The number of anilines is 1. The van der Waals surface area contributed by atoms with Gasteiger partial charge in [-0.05, 0) is 19.1 Å². The lowest BCUT2D eigenvalue weighted by atomic mass is 10.2. The van der Waals surface area contributed by atoms with Gasteiger partial charge in [-0.3, -0.25) is 0 Å². The van der Waals surface area contributed by atoms with Gasteiger partial charge in [0.2, 0.25) is 0 Å². The summed E-state index contributed by atoms with van der Waals surface area (Å²) in [4.78, 5) is 14.5. The number of nitrogens with zero attached hydrogens (tertiary/aromatic N) is 1. The lowest BCUT2D eigenvalue weighted by Crippen LogP contribution is -2.35. The first kappa shape index (κ1) is 14.2. The lowest BCUT2D eigenvalue weighted by Gasteiger charge is -2.15. The maximum atomic E-state index is 12.0. The summed E-state index contributed by atoms with van der Waals surface area (Å²) in [7, 11) is 0. The van der Waals surface area contributed by atoms with Gasteiger partial charge in [0.05, 0.1) is 12.1 Å². The minimum absolute atomic E-state index is 0.0318. The summed E-state index contributed by atoms with van der Waals surface area (Å²) in [6.45, 7) is 0.719. The summed E-state index contributed by atoms with van der Waals surface area (Å²) in [5.74, 6) is -1.24. The first-order valence-electron chi connectivity index (χ1n) is 4.91. The summed E-state index contributed by atoms with van der Waals surface area (Å²) in [5, 5.41) is 19.8. The Balaban J connectivity index is 2.77. The molecular weight excluding hydrogens is 253 g/mol. The Labute approximate surface area is 100 Å². The number of aliphatic hydroxyl groups excluding tert-OH is 1. The van der Waals surface area contributed by atoms with Gasteiger partial charge in [-0.25, -0.2) is 9.78 Å². The number of carboxylic acids is 1. The predicted molar refractivity (Wildman–Crippen MR) is 56.5 cm³/mol. The van der Waals surface area contributed by atoms with Crippen molar-refractivity contribution in [1.29, 1.82) is 0 Å².